The van der Waals surface area contributed by atoms with Crippen LogP contribution < -0.4 is 5.32 Å². The molecule has 0 radical (unpaired) electrons. The Labute approximate surface area is 90.5 Å². The molecule has 5 nitrogen and oxygen atoms in total. The number of H-pyrrole nitrogens is 1. The number of benzene rings is 1. The third-order valence-corrected chi connectivity index (χ3v) is 2.00. The van der Waals surface area contributed by atoms with Crippen LogP contribution in [0.25, 0.3) is 0 Å². The van der Waals surface area contributed by atoms with Gasteiger partial charge in [-0.1, -0.05) is 11.6 Å². The molecular formula is C9H7ClN4O. The lowest BCUT2D eigenvalue weighted by Gasteiger charge is -2.01. The predicted octanol–water partition coefficient (Wildman–Crippen LogP) is 1.71. The van der Waals surface area contributed by atoms with E-state index in [1.807, 2.05) is 0 Å². The van der Waals surface area contributed by atoms with Crippen LogP contribution in [-0.4, -0.2) is 21.3 Å². The fourth-order valence-electron chi connectivity index (χ4n) is 1.04. The van der Waals surface area contributed by atoms with Gasteiger partial charge in [0.15, 0.2) is 5.69 Å². The number of carbonyl (C=O) groups excluding carboxylic acids is 1. The van der Waals surface area contributed by atoms with E-state index in [1.165, 1.54) is 6.20 Å². The fourth-order valence-corrected chi connectivity index (χ4v) is 1.17. The van der Waals surface area contributed by atoms with Crippen molar-refractivity contribution in [3.8, 4) is 0 Å². The van der Waals surface area contributed by atoms with Gasteiger partial charge in [0, 0.05) is 10.7 Å². The second kappa shape index (κ2) is 4.10. The summed E-state index contributed by atoms with van der Waals surface area (Å²) in [5.41, 5.74) is 0.900. The first kappa shape index (κ1) is 9.67. The highest BCUT2D eigenvalue weighted by Gasteiger charge is 2.08. The molecule has 1 amide bonds. The number of rotatable bonds is 2. The molecule has 0 aliphatic rings. The van der Waals surface area contributed by atoms with E-state index in [1.54, 1.807) is 24.3 Å². The predicted molar refractivity (Wildman–Crippen MR) is 55.8 cm³/mol. The van der Waals surface area contributed by atoms with E-state index in [0.29, 0.717) is 10.7 Å². The molecule has 0 aliphatic carbocycles. The Balaban J connectivity index is 2.09. The quantitative estimate of drug-likeness (QED) is 0.813. The Hall–Kier alpha value is -1.88. The molecule has 0 saturated carbocycles. The zero-order chi connectivity index (χ0) is 10.7. The van der Waals surface area contributed by atoms with Gasteiger partial charge in [-0.3, -0.25) is 4.79 Å². The third-order valence-electron chi connectivity index (χ3n) is 1.75. The molecule has 0 atom stereocenters. The van der Waals surface area contributed by atoms with Crippen LogP contribution in [0.3, 0.4) is 0 Å². The first-order valence-corrected chi connectivity index (χ1v) is 4.56. The molecule has 0 aliphatic heterocycles. The average molecular weight is 223 g/mol. The standard InChI is InChI=1S/C9H7ClN4O/c10-6-1-3-7(4-2-6)12-9(15)8-5-11-14-13-8/h1-5H,(H,12,15)(H,11,13,14). The van der Waals surface area contributed by atoms with E-state index in [2.05, 4.69) is 20.7 Å². The molecule has 0 bridgehead atoms. The molecule has 15 heavy (non-hydrogen) atoms. The number of aromatic nitrogens is 3. The van der Waals surface area contributed by atoms with Gasteiger partial charge in [-0.05, 0) is 24.3 Å². The number of anilines is 1. The van der Waals surface area contributed by atoms with Gasteiger partial charge in [0.2, 0.25) is 0 Å². The van der Waals surface area contributed by atoms with Crippen LogP contribution in [-0.2, 0) is 0 Å². The van der Waals surface area contributed by atoms with Crippen molar-refractivity contribution in [3.63, 3.8) is 0 Å². The summed E-state index contributed by atoms with van der Waals surface area (Å²) in [6.07, 6.45) is 1.35. The summed E-state index contributed by atoms with van der Waals surface area (Å²) >= 11 is 5.71. The van der Waals surface area contributed by atoms with Crippen molar-refractivity contribution < 1.29 is 4.79 Å². The maximum absolute atomic E-state index is 11.5. The number of nitrogens with one attached hydrogen (secondary N) is 2. The Morgan fingerprint density at radius 3 is 2.67 bits per heavy atom. The van der Waals surface area contributed by atoms with E-state index in [9.17, 15) is 4.79 Å². The van der Waals surface area contributed by atoms with Gasteiger partial charge in [-0.25, -0.2) is 0 Å². The van der Waals surface area contributed by atoms with Gasteiger partial charge in [0.25, 0.3) is 5.91 Å². The zero-order valence-corrected chi connectivity index (χ0v) is 8.32. The molecule has 1 heterocycles. The summed E-state index contributed by atoms with van der Waals surface area (Å²) in [5, 5.41) is 12.8. The minimum atomic E-state index is -0.314. The van der Waals surface area contributed by atoms with Crippen molar-refractivity contribution in [2.75, 3.05) is 5.32 Å². The number of aromatic amines is 1. The van der Waals surface area contributed by atoms with Gasteiger partial charge >= 0.3 is 0 Å². The van der Waals surface area contributed by atoms with Crippen LogP contribution in [0.4, 0.5) is 5.69 Å². The highest BCUT2D eigenvalue weighted by Crippen LogP contribution is 2.13. The smallest absolute Gasteiger partial charge is 0.277 e. The topological polar surface area (TPSA) is 70.7 Å². The Bertz CT molecular complexity index is 451. The van der Waals surface area contributed by atoms with E-state index in [-0.39, 0.29) is 11.6 Å². The van der Waals surface area contributed by atoms with Crippen LogP contribution in [0.5, 0.6) is 0 Å². The first-order valence-electron chi connectivity index (χ1n) is 4.18. The van der Waals surface area contributed by atoms with Crippen molar-refractivity contribution in [2.24, 2.45) is 0 Å². The fraction of sp³-hybridized carbons (Fsp3) is 0. The van der Waals surface area contributed by atoms with Crippen LogP contribution in [0.2, 0.25) is 5.02 Å². The second-order valence-corrected chi connectivity index (χ2v) is 3.25. The summed E-state index contributed by atoms with van der Waals surface area (Å²) < 4.78 is 0. The third kappa shape index (κ3) is 2.32. The van der Waals surface area contributed by atoms with Gasteiger partial charge in [-0.2, -0.15) is 15.4 Å². The number of amides is 1. The second-order valence-electron chi connectivity index (χ2n) is 2.82. The lowest BCUT2D eigenvalue weighted by molar-refractivity contribution is 0.102. The van der Waals surface area contributed by atoms with E-state index >= 15 is 0 Å². The van der Waals surface area contributed by atoms with Crippen LogP contribution in [0, 0.1) is 0 Å². The maximum atomic E-state index is 11.5. The van der Waals surface area contributed by atoms with Crippen LogP contribution in [0.1, 0.15) is 10.5 Å². The van der Waals surface area contributed by atoms with E-state index in [0.717, 1.165) is 0 Å². The monoisotopic (exact) mass is 222 g/mol. The van der Waals surface area contributed by atoms with Crippen molar-refractivity contribution in [1.29, 1.82) is 0 Å². The summed E-state index contributed by atoms with van der Waals surface area (Å²) in [5.74, 6) is -0.314. The number of halogens is 1. The van der Waals surface area contributed by atoms with Crippen LogP contribution in [0.15, 0.2) is 30.5 Å². The average Bonchev–Trinajstić information content (AvgIpc) is 2.74. The van der Waals surface area contributed by atoms with Gasteiger partial charge < -0.3 is 5.32 Å². The van der Waals surface area contributed by atoms with E-state index < -0.39 is 0 Å². The van der Waals surface area contributed by atoms with Gasteiger partial charge in [-0.15, -0.1) is 0 Å². The Morgan fingerprint density at radius 1 is 1.33 bits per heavy atom. The molecule has 0 unspecified atom stereocenters. The molecule has 76 valence electrons. The molecular weight excluding hydrogens is 216 g/mol. The molecule has 0 fully saturated rings. The zero-order valence-electron chi connectivity index (χ0n) is 7.57. The first-order chi connectivity index (χ1) is 7.25. The summed E-state index contributed by atoms with van der Waals surface area (Å²) in [6, 6.07) is 6.81. The highest BCUT2D eigenvalue weighted by molar-refractivity contribution is 6.30. The van der Waals surface area contributed by atoms with Gasteiger partial charge in [0.1, 0.15) is 0 Å². The lowest BCUT2D eigenvalue weighted by Crippen LogP contribution is -2.12. The molecule has 2 aromatic rings. The SMILES string of the molecule is O=C(Nc1ccc(Cl)cc1)c1cn[nH]n1. The van der Waals surface area contributed by atoms with Crippen molar-refractivity contribution >= 4 is 23.2 Å². The molecule has 2 N–H and O–H groups in total. The normalized spacial score (nSPS) is 9.93. The van der Waals surface area contributed by atoms with Crippen molar-refractivity contribution in [1.82, 2.24) is 15.4 Å². The van der Waals surface area contributed by atoms with Crippen molar-refractivity contribution in [3.05, 3.63) is 41.2 Å². The van der Waals surface area contributed by atoms with E-state index in [4.69, 9.17) is 11.6 Å². The highest BCUT2D eigenvalue weighted by atomic mass is 35.5. The number of hydrogen-bond donors (Lipinski definition) is 2. The summed E-state index contributed by atoms with van der Waals surface area (Å²) in [7, 11) is 0. The number of hydrogen-bond acceptors (Lipinski definition) is 3. The van der Waals surface area contributed by atoms with Crippen molar-refractivity contribution in [2.45, 2.75) is 0 Å². The number of carbonyl (C=O) groups is 1. The summed E-state index contributed by atoms with van der Waals surface area (Å²) in [4.78, 5) is 11.5. The minimum absolute atomic E-state index is 0.241. The van der Waals surface area contributed by atoms with Crippen LogP contribution >= 0.6 is 11.6 Å². The molecule has 2 rings (SSSR count). The summed E-state index contributed by atoms with van der Waals surface area (Å²) in [6.45, 7) is 0. The van der Waals surface area contributed by atoms with Gasteiger partial charge in [0.05, 0.1) is 6.20 Å². The molecule has 1 aromatic heterocycles. The Kier molecular flexibility index (Phi) is 2.64. The maximum Gasteiger partial charge on any atom is 0.277 e. The molecule has 1 aromatic carbocycles. The Morgan fingerprint density at radius 2 is 2.07 bits per heavy atom. The molecule has 0 spiro atoms. The minimum Gasteiger partial charge on any atom is -0.321 e. The molecule has 0 saturated heterocycles. The molecule has 6 heteroatoms. The lowest BCUT2D eigenvalue weighted by atomic mass is 10.3. The number of nitrogens with zero attached hydrogens (tertiary/aromatic N) is 2. The largest absolute Gasteiger partial charge is 0.321 e.